The zero-order chi connectivity index (χ0) is 10.3. The molecule has 80 valence electrons. The summed E-state index contributed by atoms with van der Waals surface area (Å²) in [4.78, 5) is 0. The van der Waals surface area contributed by atoms with Gasteiger partial charge in [-0.25, -0.2) is 0 Å². The third kappa shape index (κ3) is 4.52. The first-order valence-corrected chi connectivity index (χ1v) is 7.00. The molecule has 0 aromatic heterocycles. The standard InChI is InChI=1S/C8H16S.C2H8OSi/c1-4-8(5-2)6-7(3)9-8;1-2-3-4/h7H,4-6H2,1-3H3;2H2,1,4H3. The van der Waals surface area contributed by atoms with E-state index in [1.54, 1.807) is 0 Å². The van der Waals surface area contributed by atoms with Crippen molar-refractivity contribution in [2.24, 2.45) is 0 Å². The summed E-state index contributed by atoms with van der Waals surface area (Å²) in [7, 11) is 0.890. The molecule has 0 aliphatic carbocycles. The van der Waals surface area contributed by atoms with Gasteiger partial charge in [0.2, 0.25) is 0 Å². The lowest BCUT2D eigenvalue weighted by atomic mass is 9.95. The first-order valence-electron chi connectivity index (χ1n) is 5.30. The molecule has 0 aromatic rings. The van der Waals surface area contributed by atoms with Gasteiger partial charge in [-0.15, -0.1) is 0 Å². The first kappa shape index (κ1) is 13.5. The van der Waals surface area contributed by atoms with Crippen LogP contribution in [-0.2, 0) is 4.43 Å². The fourth-order valence-corrected chi connectivity index (χ4v) is 3.28. The van der Waals surface area contributed by atoms with Crippen molar-refractivity contribution in [3.8, 4) is 0 Å². The van der Waals surface area contributed by atoms with Crippen molar-refractivity contribution in [1.29, 1.82) is 0 Å². The molecule has 1 heterocycles. The highest BCUT2D eigenvalue weighted by Crippen LogP contribution is 2.50. The van der Waals surface area contributed by atoms with Crippen molar-refractivity contribution in [3.05, 3.63) is 0 Å². The summed E-state index contributed by atoms with van der Waals surface area (Å²) in [6.45, 7) is 9.82. The van der Waals surface area contributed by atoms with E-state index in [4.69, 9.17) is 0 Å². The van der Waals surface area contributed by atoms with Crippen molar-refractivity contribution in [2.45, 2.75) is 57.0 Å². The van der Waals surface area contributed by atoms with E-state index in [9.17, 15) is 0 Å². The SMILES string of the molecule is CCC1(CC)CC(C)S1.CCO[SiH3]. The summed E-state index contributed by atoms with van der Waals surface area (Å²) in [6, 6.07) is 0. The summed E-state index contributed by atoms with van der Waals surface area (Å²) < 4.78 is 5.37. The molecule has 1 fully saturated rings. The summed E-state index contributed by atoms with van der Waals surface area (Å²) in [6.07, 6.45) is 4.17. The molecule has 0 bridgehead atoms. The molecule has 1 saturated heterocycles. The summed E-state index contributed by atoms with van der Waals surface area (Å²) in [5.74, 6) is 0. The van der Waals surface area contributed by atoms with Crippen LogP contribution < -0.4 is 0 Å². The quantitative estimate of drug-likeness (QED) is 0.676. The second-order valence-corrected chi connectivity index (χ2v) is 6.08. The van der Waals surface area contributed by atoms with Crippen molar-refractivity contribution in [3.63, 3.8) is 0 Å². The van der Waals surface area contributed by atoms with E-state index in [1.165, 1.54) is 19.3 Å². The molecule has 1 atom stereocenters. The van der Waals surface area contributed by atoms with Gasteiger partial charge < -0.3 is 4.43 Å². The molecular formula is C10H24OSSi. The second-order valence-electron chi connectivity index (χ2n) is 3.60. The van der Waals surface area contributed by atoms with E-state index >= 15 is 0 Å². The highest BCUT2D eigenvalue weighted by Gasteiger charge is 2.39. The van der Waals surface area contributed by atoms with Crippen molar-refractivity contribution in [2.75, 3.05) is 6.61 Å². The van der Waals surface area contributed by atoms with Crippen LogP contribution in [0.2, 0.25) is 0 Å². The lowest BCUT2D eigenvalue weighted by Gasteiger charge is -2.45. The zero-order valence-electron chi connectivity index (χ0n) is 9.72. The molecule has 0 spiro atoms. The molecule has 0 N–H and O–H groups in total. The Morgan fingerprint density at radius 2 is 1.77 bits per heavy atom. The molecule has 1 aliphatic heterocycles. The highest BCUT2D eigenvalue weighted by molar-refractivity contribution is 8.02. The van der Waals surface area contributed by atoms with Crippen LogP contribution in [0.1, 0.15) is 47.0 Å². The highest BCUT2D eigenvalue weighted by atomic mass is 32.2. The van der Waals surface area contributed by atoms with Crippen molar-refractivity contribution >= 4 is 22.2 Å². The molecule has 1 rings (SSSR count). The van der Waals surface area contributed by atoms with Crippen LogP contribution in [0.15, 0.2) is 0 Å². The van der Waals surface area contributed by atoms with Crippen molar-refractivity contribution in [1.82, 2.24) is 0 Å². The minimum absolute atomic E-state index is 0.694. The van der Waals surface area contributed by atoms with Gasteiger partial charge in [-0.3, -0.25) is 0 Å². The number of rotatable bonds is 3. The van der Waals surface area contributed by atoms with Gasteiger partial charge in [0.1, 0.15) is 10.5 Å². The van der Waals surface area contributed by atoms with Crippen LogP contribution in [0, 0.1) is 0 Å². The largest absolute Gasteiger partial charge is 0.428 e. The van der Waals surface area contributed by atoms with E-state index in [1.807, 2.05) is 6.92 Å². The minimum Gasteiger partial charge on any atom is -0.428 e. The van der Waals surface area contributed by atoms with Crippen molar-refractivity contribution < 1.29 is 4.43 Å². The van der Waals surface area contributed by atoms with Gasteiger partial charge in [-0.1, -0.05) is 20.8 Å². The average molecular weight is 220 g/mol. The van der Waals surface area contributed by atoms with Gasteiger partial charge in [-0.2, -0.15) is 11.8 Å². The zero-order valence-corrected chi connectivity index (χ0v) is 12.5. The number of hydrogen-bond acceptors (Lipinski definition) is 2. The van der Waals surface area contributed by atoms with E-state index in [2.05, 4.69) is 37.0 Å². The lowest BCUT2D eigenvalue weighted by molar-refractivity contribution is 0.375. The van der Waals surface area contributed by atoms with Gasteiger partial charge in [0.15, 0.2) is 0 Å². The Morgan fingerprint density at radius 1 is 1.38 bits per heavy atom. The third-order valence-corrected chi connectivity index (χ3v) is 5.08. The molecule has 0 radical (unpaired) electrons. The van der Waals surface area contributed by atoms with Crippen LogP contribution in [0.4, 0.5) is 0 Å². The third-order valence-electron chi connectivity index (χ3n) is 2.69. The van der Waals surface area contributed by atoms with Crippen LogP contribution in [0.5, 0.6) is 0 Å². The summed E-state index contributed by atoms with van der Waals surface area (Å²) >= 11 is 2.18. The Hall–Kier alpha value is 0.527. The molecule has 1 aliphatic rings. The van der Waals surface area contributed by atoms with Crippen LogP contribution >= 0.6 is 11.8 Å². The Labute approximate surface area is 90.6 Å². The fourth-order valence-electron chi connectivity index (χ4n) is 1.65. The van der Waals surface area contributed by atoms with E-state index in [0.29, 0.717) is 4.75 Å². The van der Waals surface area contributed by atoms with Crippen LogP contribution in [0.3, 0.4) is 0 Å². The Morgan fingerprint density at radius 3 is 1.85 bits per heavy atom. The second kappa shape index (κ2) is 6.90. The molecule has 3 heteroatoms. The predicted octanol–water partition coefficient (Wildman–Crippen LogP) is 2.37. The Bertz CT molecular complexity index is 116. The van der Waals surface area contributed by atoms with Crippen LogP contribution in [-0.4, -0.2) is 27.1 Å². The molecule has 0 amide bonds. The Kier molecular flexibility index (Phi) is 7.18. The minimum atomic E-state index is 0.694. The van der Waals surface area contributed by atoms with Gasteiger partial charge in [0.05, 0.1) is 0 Å². The maximum Gasteiger partial charge on any atom is 0.145 e. The van der Waals surface area contributed by atoms with Gasteiger partial charge in [0.25, 0.3) is 0 Å². The van der Waals surface area contributed by atoms with Gasteiger partial charge in [-0.05, 0) is 26.2 Å². The maximum absolute atomic E-state index is 4.68. The van der Waals surface area contributed by atoms with Gasteiger partial charge in [0, 0.05) is 16.6 Å². The average Bonchev–Trinajstić information content (AvgIpc) is 2.13. The maximum atomic E-state index is 4.68. The smallest absolute Gasteiger partial charge is 0.145 e. The molecule has 0 aromatic carbocycles. The molecule has 1 nitrogen and oxygen atoms in total. The van der Waals surface area contributed by atoms with Gasteiger partial charge >= 0.3 is 0 Å². The van der Waals surface area contributed by atoms with E-state index in [-0.39, 0.29) is 0 Å². The van der Waals surface area contributed by atoms with Crippen LogP contribution in [0.25, 0.3) is 0 Å². The summed E-state index contributed by atoms with van der Waals surface area (Å²) in [5, 5.41) is 0.935. The lowest BCUT2D eigenvalue weighted by Crippen LogP contribution is -2.38. The molecule has 1 unspecified atom stereocenters. The first-order chi connectivity index (χ1) is 6.14. The predicted molar refractivity (Wildman–Crippen MR) is 66.5 cm³/mol. The molecular weight excluding hydrogens is 196 g/mol. The number of hydrogen-bond donors (Lipinski definition) is 0. The monoisotopic (exact) mass is 220 g/mol. The van der Waals surface area contributed by atoms with E-state index < -0.39 is 0 Å². The topological polar surface area (TPSA) is 9.23 Å². The number of thioether (sulfide) groups is 1. The molecule has 0 saturated carbocycles. The molecule has 13 heavy (non-hydrogen) atoms. The van der Waals surface area contributed by atoms with E-state index in [0.717, 1.165) is 22.3 Å². The summed E-state index contributed by atoms with van der Waals surface area (Å²) in [5.41, 5.74) is 0. The normalized spacial score (nSPS) is 24.5. The fraction of sp³-hybridized carbons (Fsp3) is 1.00. The Balaban J connectivity index is 0.000000310.